The molecular formula is C8H13NO5. The van der Waals surface area contributed by atoms with Gasteiger partial charge in [0.1, 0.15) is 30.6 Å². The van der Waals surface area contributed by atoms with Crippen LogP contribution in [0.1, 0.15) is 6.92 Å². The van der Waals surface area contributed by atoms with Crippen LogP contribution in [-0.4, -0.2) is 53.4 Å². The van der Waals surface area contributed by atoms with Crippen molar-refractivity contribution >= 4 is 12.2 Å². The fraction of sp³-hybridized carbons (Fsp3) is 0.750. The number of amides is 1. The van der Waals surface area contributed by atoms with Crippen molar-refractivity contribution in [3.05, 3.63) is 0 Å². The number of ether oxygens (including phenoxy) is 1. The van der Waals surface area contributed by atoms with E-state index >= 15 is 0 Å². The molecule has 0 saturated carbocycles. The number of hydrogen-bond donors (Lipinski definition) is 3. The van der Waals surface area contributed by atoms with Gasteiger partial charge in [0.2, 0.25) is 5.91 Å². The predicted molar refractivity (Wildman–Crippen MR) is 45.4 cm³/mol. The van der Waals surface area contributed by atoms with Crippen LogP contribution in [-0.2, 0) is 14.3 Å². The lowest BCUT2D eigenvalue weighted by atomic mass is 10.1. The van der Waals surface area contributed by atoms with Crippen LogP contribution in [0.25, 0.3) is 0 Å². The van der Waals surface area contributed by atoms with Crippen molar-refractivity contribution in [2.45, 2.75) is 31.3 Å². The van der Waals surface area contributed by atoms with Crippen molar-refractivity contribution in [1.29, 1.82) is 0 Å². The Hall–Kier alpha value is -0.980. The molecule has 1 fully saturated rings. The molecule has 0 unspecified atom stereocenters. The van der Waals surface area contributed by atoms with Crippen LogP contribution in [0.3, 0.4) is 0 Å². The van der Waals surface area contributed by atoms with Crippen LogP contribution in [0.15, 0.2) is 0 Å². The number of aliphatic hydroxyl groups is 2. The third kappa shape index (κ3) is 2.28. The third-order valence-electron chi connectivity index (χ3n) is 2.06. The monoisotopic (exact) mass is 203 g/mol. The number of hydrogen-bond acceptors (Lipinski definition) is 5. The Morgan fingerprint density at radius 3 is 2.64 bits per heavy atom. The third-order valence-corrected chi connectivity index (χ3v) is 2.06. The van der Waals surface area contributed by atoms with Gasteiger partial charge in [-0.15, -0.1) is 0 Å². The van der Waals surface area contributed by atoms with Gasteiger partial charge in [-0.3, -0.25) is 4.79 Å². The molecule has 4 atom stereocenters. The van der Waals surface area contributed by atoms with Crippen molar-refractivity contribution in [1.82, 2.24) is 5.32 Å². The van der Waals surface area contributed by atoms with E-state index in [0.29, 0.717) is 6.29 Å². The molecule has 6 heteroatoms. The van der Waals surface area contributed by atoms with Crippen molar-refractivity contribution in [3.8, 4) is 0 Å². The summed E-state index contributed by atoms with van der Waals surface area (Å²) in [6.45, 7) is 1.23. The Bertz CT molecular complexity index is 232. The lowest BCUT2D eigenvalue weighted by molar-refractivity contribution is -0.125. The molecule has 80 valence electrons. The van der Waals surface area contributed by atoms with E-state index in [1.165, 1.54) is 6.92 Å². The summed E-state index contributed by atoms with van der Waals surface area (Å²) in [6.07, 6.45) is -2.53. The van der Waals surface area contributed by atoms with Crippen molar-refractivity contribution in [3.63, 3.8) is 0 Å². The highest BCUT2D eigenvalue weighted by molar-refractivity contribution is 5.77. The Morgan fingerprint density at radius 1 is 1.64 bits per heavy atom. The molecule has 1 aliphatic rings. The van der Waals surface area contributed by atoms with Crippen molar-refractivity contribution in [2.75, 3.05) is 6.61 Å². The molecule has 1 saturated heterocycles. The van der Waals surface area contributed by atoms with Crippen LogP contribution in [0.5, 0.6) is 0 Å². The van der Waals surface area contributed by atoms with Gasteiger partial charge in [-0.05, 0) is 0 Å². The Kier molecular flexibility index (Phi) is 3.56. The first-order valence-corrected chi connectivity index (χ1v) is 4.26. The van der Waals surface area contributed by atoms with Crippen LogP contribution in [0, 0.1) is 0 Å². The summed E-state index contributed by atoms with van der Waals surface area (Å²) in [5.41, 5.74) is 0. The van der Waals surface area contributed by atoms with Gasteiger partial charge in [-0.25, -0.2) is 0 Å². The summed E-state index contributed by atoms with van der Waals surface area (Å²) in [5, 5.41) is 20.8. The van der Waals surface area contributed by atoms with E-state index < -0.39 is 24.4 Å². The summed E-state index contributed by atoms with van der Waals surface area (Å²) in [4.78, 5) is 21.3. The Labute approximate surface area is 80.9 Å². The zero-order chi connectivity index (χ0) is 10.7. The van der Waals surface area contributed by atoms with E-state index in [-0.39, 0.29) is 12.5 Å². The molecule has 0 aromatic rings. The summed E-state index contributed by atoms with van der Waals surface area (Å²) in [5.74, 6) is -0.390. The highest BCUT2D eigenvalue weighted by Gasteiger charge is 2.40. The van der Waals surface area contributed by atoms with Crippen LogP contribution < -0.4 is 5.32 Å². The molecule has 0 radical (unpaired) electrons. The first kappa shape index (κ1) is 11.1. The summed E-state index contributed by atoms with van der Waals surface area (Å²) < 4.78 is 4.99. The molecule has 1 heterocycles. The van der Waals surface area contributed by atoms with Gasteiger partial charge in [0.05, 0.1) is 6.61 Å². The lowest BCUT2D eigenvalue weighted by Gasteiger charge is -2.21. The molecule has 1 amide bonds. The van der Waals surface area contributed by atoms with Gasteiger partial charge in [0.25, 0.3) is 0 Å². The molecule has 1 aliphatic heterocycles. The van der Waals surface area contributed by atoms with E-state index in [4.69, 9.17) is 9.84 Å². The summed E-state index contributed by atoms with van der Waals surface area (Å²) in [7, 11) is 0. The SMILES string of the molecule is CC(=O)N[C@H](C=O)[C@H]1OC[C@@H](O)[C@H]1O. The maximum atomic E-state index is 10.7. The second kappa shape index (κ2) is 4.50. The first-order valence-electron chi connectivity index (χ1n) is 4.26. The number of aldehydes is 1. The maximum Gasteiger partial charge on any atom is 0.217 e. The highest BCUT2D eigenvalue weighted by atomic mass is 16.5. The molecule has 0 spiro atoms. The molecule has 3 N–H and O–H groups in total. The van der Waals surface area contributed by atoms with Gasteiger partial charge in [-0.2, -0.15) is 0 Å². The Morgan fingerprint density at radius 2 is 2.29 bits per heavy atom. The molecule has 0 aliphatic carbocycles. The van der Waals surface area contributed by atoms with Gasteiger partial charge < -0.3 is 25.1 Å². The molecule has 0 aromatic carbocycles. The minimum absolute atomic E-state index is 0.0320. The molecule has 0 bridgehead atoms. The average molecular weight is 203 g/mol. The number of carbonyl (C=O) groups is 2. The second-order valence-electron chi connectivity index (χ2n) is 3.22. The molecule has 6 nitrogen and oxygen atoms in total. The fourth-order valence-electron chi connectivity index (χ4n) is 1.37. The normalized spacial score (nSPS) is 33.8. The molecule has 1 rings (SSSR count). The number of carbonyl (C=O) groups excluding carboxylic acids is 2. The summed E-state index contributed by atoms with van der Waals surface area (Å²) >= 11 is 0. The predicted octanol–water partition coefficient (Wildman–Crippen LogP) is -2.19. The minimum Gasteiger partial charge on any atom is -0.388 e. The second-order valence-corrected chi connectivity index (χ2v) is 3.22. The molecule has 0 aromatic heterocycles. The van der Waals surface area contributed by atoms with Crippen LogP contribution >= 0.6 is 0 Å². The van der Waals surface area contributed by atoms with E-state index in [1.807, 2.05) is 0 Å². The summed E-state index contributed by atoms with van der Waals surface area (Å²) in [6, 6.07) is -0.917. The lowest BCUT2D eigenvalue weighted by Crippen LogP contribution is -2.49. The van der Waals surface area contributed by atoms with Crippen molar-refractivity contribution in [2.24, 2.45) is 0 Å². The quantitative estimate of drug-likeness (QED) is 0.453. The minimum atomic E-state index is -1.14. The smallest absolute Gasteiger partial charge is 0.217 e. The highest BCUT2D eigenvalue weighted by Crippen LogP contribution is 2.16. The van der Waals surface area contributed by atoms with Gasteiger partial charge >= 0.3 is 0 Å². The largest absolute Gasteiger partial charge is 0.388 e. The van der Waals surface area contributed by atoms with Gasteiger partial charge in [0.15, 0.2) is 0 Å². The first-order chi connectivity index (χ1) is 6.56. The van der Waals surface area contributed by atoms with Gasteiger partial charge in [0, 0.05) is 6.92 Å². The Balaban J connectivity index is 2.61. The van der Waals surface area contributed by atoms with E-state index in [2.05, 4.69) is 5.32 Å². The molecule has 14 heavy (non-hydrogen) atoms. The average Bonchev–Trinajstić information content (AvgIpc) is 2.44. The zero-order valence-electron chi connectivity index (χ0n) is 7.71. The van der Waals surface area contributed by atoms with Crippen LogP contribution in [0.4, 0.5) is 0 Å². The number of nitrogens with one attached hydrogen (secondary N) is 1. The zero-order valence-corrected chi connectivity index (χ0v) is 7.71. The molecular weight excluding hydrogens is 190 g/mol. The van der Waals surface area contributed by atoms with E-state index in [9.17, 15) is 14.7 Å². The van der Waals surface area contributed by atoms with E-state index in [0.717, 1.165) is 0 Å². The van der Waals surface area contributed by atoms with Gasteiger partial charge in [-0.1, -0.05) is 0 Å². The fourth-order valence-corrected chi connectivity index (χ4v) is 1.37. The number of rotatable bonds is 3. The van der Waals surface area contributed by atoms with Crippen LogP contribution in [0.2, 0.25) is 0 Å². The van der Waals surface area contributed by atoms with Crippen molar-refractivity contribution < 1.29 is 24.5 Å². The van der Waals surface area contributed by atoms with E-state index in [1.54, 1.807) is 0 Å². The standard InChI is InChI=1S/C8H13NO5/c1-4(11)9-5(2-10)8-7(13)6(12)3-14-8/h2,5-8,12-13H,3H2,1H3,(H,9,11)/t5-,6-,7-,8-/m1/s1. The topological polar surface area (TPSA) is 95.9 Å². The maximum absolute atomic E-state index is 10.7. The number of aliphatic hydroxyl groups excluding tert-OH is 2.